The second-order valence-electron chi connectivity index (χ2n) is 22.7. The van der Waals surface area contributed by atoms with Gasteiger partial charge >= 0.3 is 11.9 Å². The topological polar surface area (TPSA) is 229 Å². The lowest BCUT2D eigenvalue weighted by molar-refractivity contribution is -0.317. The summed E-state index contributed by atoms with van der Waals surface area (Å²) in [6.07, 6.45) is 0.428. The molecule has 4 aliphatic heterocycles. The summed E-state index contributed by atoms with van der Waals surface area (Å²) < 4.78 is 62.6. The molecule has 4 saturated heterocycles. The zero-order valence-corrected chi connectivity index (χ0v) is 50.5. The van der Waals surface area contributed by atoms with Crippen LogP contribution in [0.2, 0.25) is 0 Å². The number of likely N-dealkylation sites (N-methyl/N-ethyl adjacent to an activating group) is 1. The van der Waals surface area contributed by atoms with Crippen molar-refractivity contribution in [2.24, 2.45) is 29.6 Å². The fourth-order valence-electron chi connectivity index (χ4n) is 12.5. The number of carbonyl (C=O) groups is 4. The minimum Gasteiger partial charge on any atom is -0.493 e. The van der Waals surface area contributed by atoms with Crippen LogP contribution in [0.3, 0.4) is 0 Å². The number of methoxy groups -OCH3 is 3. The van der Waals surface area contributed by atoms with Crippen molar-refractivity contribution in [3.05, 3.63) is 48.3 Å². The van der Waals surface area contributed by atoms with Crippen LogP contribution in [-0.2, 0) is 52.3 Å². The number of ether oxygens (including phenoxy) is 10. The van der Waals surface area contributed by atoms with Crippen molar-refractivity contribution >= 4 is 63.7 Å². The van der Waals surface area contributed by atoms with Crippen LogP contribution in [0.25, 0.3) is 0 Å². The molecule has 1 saturated carbocycles. The third-order valence-electron chi connectivity index (χ3n) is 17.2. The van der Waals surface area contributed by atoms with Gasteiger partial charge in [0.15, 0.2) is 33.8 Å². The molecule has 1 aliphatic carbocycles. The highest BCUT2D eigenvalue weighted by molar-refractivity contribution is 14.1. The quantitative estimate of drug-likeness (QED) is 0.0867. The lowest BCUT2D eigenvalue weighted by Crippen LogP contribution is -2.61. The lowest BCUT2D eigenvalue weighted by Gasteiger charge is -2.49. The molecule has 5 aliphatic rings. The molecule has 19 atom stereocenters. The van der Waals surface area contributed by atoms with Crippen LogP contribution >= 0.6 is 34.4 Å². The number of nitrogens with one attached hydrogen (secondary N) is 1. The first kappa shape index (κ1) is 62.4. The van der Waals surface area contributed by atoms with Crippen LogP contribution in [0.4, 0.5) is 5.69 Å². The zero-order chi connectivity index (χ0) is 57.0. The molecule has 0 spiro atoms. The van der Waals surface area contributed by atoms with Gasteiger partial charge in [0.05, 0.1) is 54.7 Å². The summed E-state index contributed by atoms with van der Waals surface area (Å²) in [4.78, 5) is 65.1. The van der Waals surface area contributed by atoms with Crippen LogP contribution in [0.5, 0.6) is 11.5 Å². The predicted octanol–water partition coefficient (Wildman–Crippen LogP) is 7.07. The summed E-state index contributed by atoms with van der Waals surface area (Å²) in [5.74, 6) is -4.72. The predicted molar refractivity (Wildman–Crippen MR) is 300 cm³/mol. The first-order chi connectivity index (χ1) is 36.9. The molecule has 1 aromatic heterocycles. The number of hydrogen-bond acceptors (Lipinski definition) is 19. The van der Waals surface area contributed by atoms with E-state index in [-0.39, 0.29) is 55.1 Å². The number of pyridine rings is 1. The van der Waals surface area contributed by atoms with Gasteiger partial charge in [-0.25, -0.2) is 0 Å². The number of cyclic esters (lactones) is 1. The van der Waals surface area contributed by atoms with Gasteiger partial charge in [0.1, 0.15) is 23.2 Å². The van der Waals surface area contributed by atoms with E-state index < -0.39 is 111 Å². The fourth-order valence-corrected chi connectivity index (χ4v) is 14.7. The van der Waals surface area contributed by atoms with E-state index in [9.17, 15) is 24.6 Å². The number of carbonyl (C=O) groups excluding carboxylic acids is 4. The van der Waals surface area contributed by atoms with Crippen molar-refractivity contribution in [2.75, 3.05) is 45.6 Å². The molecule has 5 heterocycles. The molecule has 1 amide bonds. The first-order valence-corrected chi connectivity index (χ1v) is 29.8. The van der Waals surface area contributed by atoms with Crippen LogP contribution < -0.4 is 19.7 Å². The van der Waals surface area contributed by atoms with Crippen molar-refractivity contribution in [1.29, 1.82) is 0 Å². The normalized spacial score (nSPS) is 39.2. The second kappa shape index (κ2) is 26.3. The van der Waals surface area contributed by atoms with E-state index in [1.54, 1.807) is 90.3 Å². The summed E-state index contributed by atoms with van der Waals surface area (Å²) in [5, 5.41) is 25.1. The summed E-state index contributed by atoms with van der Waals surface area (Å²) >= 11 is 3.26. The van der Waals surface area contributed by atoms with Gasteiger partial charge in [-0.2, -0.15) is 0 Å². The number of thioether (sulfide) groups is 1. The number of benzene rings is 1. The third kappa shape index (κ3) is 13.3. The number of Topliss-reactive ketones (excluding diaryl/α,β-unsaturated/α-hetero) is 1. The molecular weight excluding hydrogens is 1140 g/mol. The molecule has 7 rings (SSSR count). The van der Waals surface area contributed by atoms with Crippen molar-refractivity contribution in [2.45, 2.75) is 195 Å². The Morgan fingerprint density at radius 2 is 1.56 bits per heavy atom. The first-order valence-electron chi connectivity index (χ1n) is 27.5. The molecular formula is C57H84IN3O16S. The number of halogens is 1. The van der Waals surface area contributed by atoms with Crippen molar-refractivity contribution in [1.82, 2.24) is 10.3 Å². The van der Waals surface area contributed by atoms with Crippen LogP contribution in [0.15, 0.2) is 42.7 Å². The minimum absolute atomic E-state index is 0.0221. The summed E-state index contributed by atoms with van der Waals surface area (Å²) in [5.41, 5.74) is -2.95. The van der Waals surface area contributed by atoms with E-state index >= 15 is 4.79 Å². The van der Waals surface area contributed by atoms with Gasteiger partial charge in [-0.1, -0.05) is 20.8 Å². The van der Waals surface area contributed by atoms with E-state index in [1.165, 1.54) is 26.0 Å². The number of esters is 2. The lowest BCUT2D eigenvalue weighted by atomic mass is 9.72. The molecule has 21 heteroatoms. The Hall–Kier alpha value is -3.23. The number of aliphatic hydroxyl groups is 2. The highest BCUT2D eigenvalue weighted by atomic mass is 127. The number of amides is 1. The maximum absolute atomic E-state index is 15.3. The van der Waals surface area contributed by atoms with Crippen molar-refractivity contribution in [3.8, 4) is 11.5 Å². The van der Waals surface area contributed by atoms with Gasteiger partial charge in [0, 0.05) is 92.4 Å². The van der Waals surface area contributed by atoms with E-state index in [0.717, 1.165) is 25.7 Å². The van der Waals surface area contributed by atoms with E-state index in [0.29, 0.717) is 29.2 Å². The van der Waals surface area contributed by atoms with Gasteiger partial charge in [-0.3, -0.25) is 24.2 Å². The average molecular weight is 1230 g/mol. The maximum atomic E-state index is 15.3. The summed E-state index contributed by atoms with van der Waals surface area (Å²) in [6, 6.07) is 8.30. The van der Waals surface area contributed by atoms with Crippen molar-refractivity contribution in [3.63, 3.8) is 0 Å². The number of nitrogens with zero attached hydrogens (tertiary/aromatic N) is 2. The second-order valence-corrected chi connectivity index (χ2v) is 25.1. The standard InChI is InChI=1S/C57H84IN3O16S/c1-30-28-56(8,70-13)49(75-53-45(63)39(59-10)26-31(2)71-53)33(4)46(74-42-29-55(7,69-12)48(64)35(6)72-42)34(5)51(66)76-54(58)57(9)43(32(3)44(30)62)47(52(67)77-57)78-25-24-61(50(65)36-20-22-60-23-21-36)37-18-19-40(68-11)41(27-37)73-38-16-14-15-17-38/h18-23,27,30-35,38-39,42-43,45-49,53-54,59,63-64H,14-17,24-26,28-29H2,1-13H3/t30-,31-,32-,33+,34-,35+,39+,42+,43+,45-,46+,47?,48+,49-,53+,54+,55-,56-,57+/m1/s1. The molecule has 3 N–H and O–H groups in total. The smallest absolute Gasteiger partial charge is 0.320 e. The number of ketones is 1. The number of anilines is 1. The van der Waals surface area contributed by atoms with Crippen LogP contribution in [0.1, 0.15) is 118 Å². The molecule has 1 unspecified atom stereocenters. The number of aromatic nitrogens is 1. The summed E-state index contributed by atoms with van der Waals surface area (Å²) in [7, 11) is 6.37. The molecule has 78 heavy (non-hydrogen) atoms. The fraction of sp³-hybridized carbons (Fsp3) is 0.737. The minimum atomic E-state index is -1.52. The average Bonchev–Trinajstić information content (AvgIpc) is 4.19. The van der Waals surface area contributed by atoms with Crippen LogP contribution in [-0.4, -0.2) is 167 Å². The Morgan fingerprint density at radius 1 is 0.885 bits per heavy atom. The Balaban J connectivity index is 1.24. The molecule has 1 aromatic carbocycles. The monoisotopic (exact) mass is 1230 g/mol. The Morgan fingerprint density at radius 3 is 2.21 bits per heavy atom. The largest absolute Gasteiger partial charge is 0.493 e. The van der Waals surface area contributed by atoms with Gasteiger partial charge in [0.25, 0.3) is 5.91 Å². The van der Waals surface area contributed by atoms with E-state index in [2.05, 4.69) is 10.3 Å². The van der Waals surface area contributed by atoms with Gasteiger partial charge in [-0.05, 0) is 134 Å². The third-order valence-corrected chi connectivity index (χ3v) is 20.0. The maximum Gasteiger partial charge on any atom is 0.320 e. The number of aliphatic hydroxyl groups excluding tert-OH is 2. The van der Waals surface area contributed by atoms with Gasteiger partial charge in [0.2, 0.25) is 0 Å². The van der Waals surface area contributed by atoms with E-state index in [1.807, 2.05) is 56.4 Å². The molecule has 19 nitrogen and oxygen atoms in total. The van der Waals surface area contributed by atoms with Gasteiger partial charge in [-0.15, -0.1) is 11.8 Å². The molecule has 2 aromatic rings. The number of rotatable bonds is 16. The summed E-state index contributed by atoms with van der Waals surface area (Å²) in [6.45, 7) is 16.2. The molecule has 0 bridgehead atoms. The number of alkyl halides is 1. The molecule has 5 fully saturated rings. The molecule has 436 valence electrons. The SMILES string of the molecule is CN[C@H]1C[C@@H](C)O[C@@H](O[C@@H]2[C@@H](C)[C@H](O[C@H]3C[C@@](C)(OC)[C@@H](O)[C@H](C)O3)[C@@H](C)C(=O)O[C@H](I)[C@@]3(C)OC(=O)C(SCCN(C(=O)c4ccncc4)c4ccc(OC)c(OC5CCCC5)c4)[C@@H]3[C@@H](C)C(=O)[C@H](C)C[C@@]2(C)OC)[C@@H]1O. The Bertz CT molecular complexity index is 2370. The number of hydrogen-bond donors (Lipinski definition) is 3. The van der Waals surface area contributed by atoms with Crippen LogP contribution in [0, 0.1) is 29.6 Å². The van der Waals surface area contributed by atoms with Gasteiger partial charge < -0.3 is 67.8 Å². The van der Waals surface area contributed by atoms with E-state index in [4.69, 9.17) is 47.4 Å². The molecule has 0 radical (unpaired) electrons. The number of fused-ring (bicyclic) bond motifs is 1. The highest BCUT2D eigenvalue weighted by Crippen LogP contribution is 2.50. The zero-order valence-electron chi connectivity index (χ0n) is 47.5. The van der Waals surface area contributed by atoms with Crippen molar-refractivity contribution < 1.29 is 76.8 Å². The highest BCUT2D eigenvalue weighted by Gasteiger charge is 2.62. The Kier molecular flexibility index (Phi) is 21.1. The Labute approximate surface area is 478 Å².